The van der Waals surface area contributed by atoms with Crippen molar-refractivity contribution in [2.75, 3.05) is 39.8 Å². The number of esters is 1. The van der Waals surface area contributed by atoms with Crippen LogP contribution in [-0.4, -0.2) is 67.5 Å². The number of carbonyl (C=O) groups is 2. The molecule has 7 nitrogen and oxygen atoms in total. The van der Waals surface area contributed by atoms with Gasteiger partial charge in [-0.2, -0.15) is 0 Å². The minimum absolute atomic E-state index is 0. The lowest BCUT2D eigenvalue weighted by molar-refractivity contribution is -0.149. The zero-order chi connectivity index (χ0) is 19.9. The fraction of sp³-hybridized carbons (Fsp3) is 0.571. The molecule has 0 saturated carbocycles. The number of halogens is 1. The standard InChI is InChI=1S/C21H30N4O3.HI/c1-3-28-20(27)18-9-6-11-25(15-18)21(22-2)23-13-19(26)24-12-10-16-7-4-5-8-17(16)14-24;/h4-5,7-8,18H,3,6,9-15H2,1-2H3,(H,22,23);1H. The molecule has 0 bridgehead atoms. The van der Waals surface area contributed by atoms with Gasteiger partial charge in [0.05, 0.1) is 19.1 Å². The van der Waals surface area contributed by atoms with Gasteiger partial charge >= 0.3 is 5.97 Å². The molecule has 1 atom stereocenters. The average molecular weight is 514 g/mol. The van der Waals surface area contributed by atoms with Crippen LogP contribution in [0.3, 0.4) is 0 Å². The van der Waals surface area contributed by atoms with Crippen LogP contribution in [0, 0.1) is 5.92 Å². The number of ether oxygens (including phenoxy) is 1. The number of carbonyl (C=O) groups excluding carboxylic acids is 2. The number of likely N-dealkylation sites (tertiary alicyclic amines) is 1. The number of hydrogen-bond donors (Lipinski definition) is 1. The van der Waals surface area contributed by atoms with Crippen LogP contribution in [0.5, 0.6) is 0 Å². The summed E-state index contributed by atoms with van der Waals surface area (Å²) in [5.41, 5.74) is 2.55. The van der Waals surface area contributed by atoms with Crippen molar-refractivity contribution in [1.82, 2.24) is 15.1 Å². The van der Waals surface area contributed by atoms with E-state index in [1.165, 1.54) is 11.1 Å². The van der Waals surface area contributed by atoms with Crippen molar-refractivity contribution in [3.8, 4) is 0 Å². The highest BCUT2D eigenvalue weighted by Crippen LogP contribution is 2.19. The second-order valence-corrected chi connectivity index (χ2v) is 7.27. The van der Waals surface area contributed by atoms with Gasteiger partial charge in [0.2, 0.25) is 5.91 Å². The second-order valence-electron chi connectivity index (χ2n) is 7.27. The van der Waals surface area contributed by atoms with Crippen LogP contribution in [0.4, 0.5) is 0 Å². The first-order valence-corrected chi connectivity index (χ1v) is 10.1. The molecule has 1 fully saturated rings. The number of guanidine groups is 1. The molecule has 2 aliphatic rings. The predicted octanol–water partition coefficient (Wildman–Crippen LogP) is 2.04. The Hall–Kier alpha value is -1.84. The van der Waals surface area contributed by atoms with Gasteiger partial charge in [-0.25, -0.2) is 0 Å². The lowest BCUT2D eigenvalue weighted by Gasteiger charge is -2.34. The van der Waals surface area contributed by atoms with Crippen molar-refractivity contribution in [3.05, 3.63) is 35.4 Å². The van der Waals surface area contributed by atoms with Crippen LogP contribution in [0.2, 0.25) is 0 Å². The van der Waals surface area contributed by atoms with E-state index in [0.29, 0.717) is 25.7 Å². The lowest BCUT2D eigenvalue weighted by atomic mass is 9.98. The molecule has 1 unspecified atom stereocenters. The number of amides is 1. The molecule has 0 aliphatic carbocycles. The van der Waals surface area contributed by atoms with Crippen molar-refractivity contribution in [2.24, 2.45) is 10.9 Å². The van der Waals surface area contributed by atoms with Crippen molar-refractivity contribution in [2.45, 2.75) is 32.7 Å². The van der Waals surface area contributed by atoms with E-state index in [0.717, 1.165) is 32.4 Å². The number of nitrogens with one attached hydrogen (secondary N) is 1. The van der Waals surface area contributed by atoms with E-state index in [-0.39, 0.29) is 48.3 Å². The monoisotopic (exact) mass is 514 g/mol. The second kappa shape index (κ2) is 11.4. The minimum atomic E-state index is -0.147. The Bertz CT molecular complexity index is 740. The molecular formula is C21H31IN4O3. The zero-order valence-corrected chi connectivity index (χ0v) is 19.6. The highest BCUT2D eigenvalue weighted by atomic mass is 127. The Kier molecular flexibility index (Phi) is 9.19. The Morgan fingerprint density at radius 3 is 2.69 bits per heavy atom. The van der Waals surface area contributed by atoms with Crippen molar-refractivity contribution in [3.63, 3.8) is 0 Å². The Labute approximate surface area is 189 Å². The first-order chi connectivity index (χ1) is 13.6. The molecular weight excluding hydrogens is 483 g/mol. The highest BCUT2D eigenvalue weighted by Gasteiger charge is 2.29. The van der Waals surface area contributed by atoms with E-state index in [1.54, 1.807) is 7.05 Å². The summed E-state index contributed by atoms with van der Waals surface area (Å²) in [5.74, 6) is 0.446. The third-order valence-corrected chi connectivity index (χ3v) is 5.43. The molecule has 1 amide bonds. The number of nitrogens with zero attached hydrogens (tertiary/aromatic N) is 3. The molecule has 29 heavy (non-hydrogen) atoms. The fourth-order valence-electron chi connectivity index (χ4n) is 3.93. The molecule has 0 aromatic heterocycles. The van der Waals surface area contributed by atoms with Crippen molar-refractivity contribution >= 4 is 41.8 Å². The summed E-state index contributed by atoms with van der Waals surface area (Å²) >= 11 is 0. The van der Waals surface area contributed by atoms with Gasteiger partial charge in [-0.15, -0.1) is 24.0 Å². The number of hydrogen-bond acceptors (Lipinski definition) is 4. The molecule has 160 valence electrons. The molecule has 1 N–H and O–H groups in total. The topological polar surface area (TPSA) is 74.2 Å². The number of benzene rings is 1. The number of aliphatic imine (C=N–C) groups is 1. The zero-order valence-electron chi connectivity index (χ0n) is 17.2. The maximum absolute atomic E-state index is 12.7. The molecule has 2 heterocycles. The van der Waals surface area contributed by atoms with Gasteiger partial charge in [0.15, 0.2) is 5.96 Å². The third-order valence-electron chi connectivity index (χ3n) is 5.43. The van der Waals surface area contributed by atoms with E-state index in [2.05, 4.69) is 22.4 Å². The maximum Gasteiger partial charge on any atom is 0.310 e. The maximum atomic E-state index is 12.7. The third kappa shape index (κ3) is 6.07. The Balaban J connectivity index is 0.00000300. The smallest absolute Gasteiger partial charge is 0.310 e. The van der Waals surface area contributed by atoms with Gasteiger partial charge in [-0.1, -0.05) is 24.3 Å². The normalized spacial score (nSPS) is 19.1. The first kappa shape index (κ1) is 23.4. The number of fused-ring (bicyclic) bond motifs is 1. The summed E-state index contributed by atoms with van der Waals surface area (Å²) in [6, 6.07) is 8.28. The predicted molar refractivity (Wildman–Crippen MR) is 123 cm³/mol. The van der Waals surface area contributed by atoms with Crippen LogP contribution in [0.1, 0.15) is 30.9 Å². The van der Waals surface area contributed by atoms with E-state index < -0.39 is 0 Å². The largest absolute Gasteiger partial charge is 0.466 e. The summed E-state index contributed by atoms with van der Waals surface area (Å²) in [4.78, 5) is 33.0. The molecule has 1 aromatic carbocycles. The van der Waals surface area contributed by atoms with Gasteiger partial charge in [-0.05, 0) is 37.3 Å². The van der Waals surface area contributed by atoms with Gasteiger partial charge < -0.3 is 19.9 Å². The van der Waals surface area contributed by atoms with E-state index in [1.807, 2.05) is 28.9 Å². The Morgan fingerprint density at radius 2 is 1.97 bits per heavy atom. The van der Waals surface area contributed by atoms with E-state index >= 15 is 0 Å². The summed E-state index contributed by atoms with van der Waals surface area (Å²) in [6.07, 6.45) is 2.63. The minimum Gasteiger partial charge on any atom is -0.466 e. The van der Waals surface area contributed by atoms with Gasteiger partial charge in [0, 0.05) is 33.2 Å². The average Bonchev–Trinajstić information content (AvgIpc) is 2.74. The number of piperidine rings is 1. The molecule has 1 aromatic rings. The highest BCUT2D eigenvalue weighted by molar-refractivity contribution is 14.0. The summed E-state index contributed by atoms with van der Waals surface area (Å²) in [7, 11) is 1.71. The molecule has 0 radical (unpaired) electrons. The summed E-state index contributed by atoms with van der Waals surface area (Å²) in [5, 5.41) is 3.18. The van der Waals surface area contributed by atoms with Gasteiger partial charge in [0.25, 0.3) is 0 Å². The van der Waals surface area contributed by atoms with Gasteiger partial charge in [0.1, 0.15) is 0 Å². The van der Waals surface area contributed by atoms with Crippen molar-refractivity contribution < 1.29 is 14.3 Å². The van der Waals surface area contributed by atoms with Crippen LogP contribution in [0.25, 0.3) is 0 Å². The van der Waals surface area contributed by atoms with Crippen molar-refractivity contribution in [1.29, 1.82) is 0 Å². The summed E-state index contributed by atoms with van der Waals surface area (Å²) in [6.45, 7) is 5.22. The molecule has 2 aliphatic heterocycles. The van der Waals surface area contributed by atoms with Crippen LogP contribution in [0.15, 0.2) is 29.3 Å². The molecule has 0 spiro atoms. The van der Waals surface area contributed by atoms with Gasteiger partial charge in [-0.3, -0.25) is 14.6 Å². The SMILES string of the molecule is CCOC(=O)C1CCCN(C(=NC)NCC(=O)N2CCc3ccccc3C2)C1.I. The van der Waals surface area contributed by atoms with E-state index in [9.17, 15) is 9.59 Å². The quantitative estimate of drug-likeness (QED) is 0.288. The number of rotatable bonds is 4. The summed E-state index contributed by atoms with van der Waals surface area (Å²) < 4.78 is 5.16. The first-order valence-electron chi connectivity index (χ1n) is 10.1. The van der Waals surface area contributed by atoms with E-state index in [4.69, 9.17) is 4.74 Å². The van der Waals surface area contributed by atoms with Crippen LogP contribution >= 0.6 is 24.0 Å². The fourth-order valence-corrected chi connectivity index (χ4v) is 3.93. The molecule has 3 rings (SSSR count). The lowest BCUT2D eigenvalue weighted by Crippen LogP contribution is -2.51. The van der Waals surface area contributed by atoms with Crippen LogP contribution in [-0.2, 0) is 27.3 Å². The molecule has 8 heteroatoms. The Morgan fingerprint density at radius 1 is 1.21 bits per heavy atom. The van der Waals surface area contributed by atoms with Crippen LogP contribution < -0.4 is 5.32 Å². The molecule has 1 saturated heterocycles.